The summed E-state index contributed by atoms with van der Waals surface area (Å²) in [6.45, 7) is 0. The number of hydrogen-bond donors (Lipinski definition) is 1. The summed E-state index contributed by atoms with van der Waals surface area (Å²) in [7, 11) is 0. The first-order valence-electron chi connectivity index (χ1n) is 5.67. The molecule has 3 aromatic rings. The highest BCUT2D eigenvalue weighted by Gasteiger charge is 2.07. The number of nitrogens with zero attached hydrogens (tertiary/aromatic N) is 2. The van der Waals surface area contributed by atoms with Gasteiger partial charge in [0, 0.05) is 23.3 Å². The van der Waals surface area contributed by atoms with Crippen molar-refractivity contribution in [1.82, 2.24) is 9.97 Å². The molecule has 0 aliphatic rings. The zero-order chi connectivity index (χ0) is 13.2. The third-order valence-electron chi connectivity index (χ3n) is 2.62. The number of nitrogen functional groups attached to an aromatic ring is 1. The molecule has 0 spiro atoms. The lowest BCUT2D eigenvalue weighted by molar-refractivity contribution is 0.413. The molecule has 0 saturated heterocycles. The van der Waals surface area contributed by atoms with Crippen LogP contribution in [0.1, 0.15) is 0 Å². The molecule has 0 fully saturated rings. The number of benzene rings is 2. The molecule has 3 rings (SSSR count). The van der Waals surface area contributed by atoms with Crippen LogP contribution in [0.5, 0.6) is 11.8 Å². The van der Waals surface area contributed by atoms with Crippen LogP contribution in [0.2, 0.25) is 0 Å². The zero-order valence-corrected chi connectivity index (χ0v) is 9.88. The van der Waals surface area contributed by atoms with Crippen molar-refractivity contribution >= 4 is 16.6 Å². The molecule has 0 unspecified atom stereocenters. The maximum atomic E-state index is 13.6. The van der Waals surface area contributed by atoms with E-state index in [2.05, 4.69) is 9.97 Å². The Morgan fingerprint density at radius 1 is 1.11 bits per heavy atom. The van der Waals surface area contributed by atoms with Gasteiger partial charge in [0.1, 0.15) is 0 Å². The van der Waals surface area contributed by atoms with E-state index < -0.39 is 5.82 Å². The highest BCUT2D eigenvalue weighted by atomic mass is 19.1. The van der Waals surface area contributed by atoms with Crippen LogP contribution in [-0.2, 0) is 0 Å². The SMILES string of the molecule is Nc1ccc(Oc2ncc3ccccc3n2)c(F)c1. The largest absolute Gasteiger partial charge is 0.421 e. The monoisotopic (exact) mass is 255 g/mol. The number of hydrogen-bond acceptors (Lipinski definition) is 4. The summed E-state index contributed by atoms with van der Waals surface area (Å²) in [6.07, 6.45) is 1.63. The summed E-state index contributed by atoms with van der Waals surface area (Å²) in [6, 6.07) is 11.8. The van der Waals surface area contributed by atoms with Crippen LogP contribution in [0.15, 0.2) is 48.7 Å². The van der Waals surface area contributed by atoms with Crippen LogP contribution >= 0.6 is 0 Å². The maximum absolute atomic E-state index is 13.6. The van der Waals surface area contributed by atoms with Gasteiger partial charge in [-0.2, -0.15) is 4.98 Å². The Morgan fingerprint density at radius 3 is 2.79 bits per heavy atom. The lowest BCUT2D eigenvalue weighted by Crippen LogP contribution is -1.95. The van der Waals surface area contributed by atoms with Crippen LogP contribution in [0.25, 0.3) is 10.9 Å². The van der Waals surface area contributed by atoms with Crippen LogP contribution in [0.3, 0.4) is 0 Å². The van der Waals surface area contributed by atoms with Gasteiger partial charge in [0.15, 0.2) is 11.6 Å². The van der Waals surface area contributed by atoms with Gasteiger partial charge in [-0.3, -0.25) is 0 Å². The van der Waals surface area contributed by atoms with E-state index in [0.29, 0.717) is 5.69 Å². The summed E-state index contributed by atoms with van der Waals surface area (Å²) in [5.41, 5.74) is 6.54. The van der Waals surface area contributed by atoms with Gasteiger partial charge in [-0.25, -0.2) is 9.37 Å². The fourth-order valence-corrected chi connectivity index (χ4v) is 1.70. The molecule has 4 nitrogen and oxygen atoms in total. The maximum Gasteiger partial charge on any atom is 0.322 e. The Bertz CT molecular complexity index is 746. The lowest BCUT2D eigenvalue weighted by atomic mass is 10.2. The number of nitrogens with two attached hydrogens (primary N) is 1. The van der Waals surface area contributed by atoms with E-state index in [1.807, 2.05) is 24.3 Å². The second kappa shape index (κ2) is 4.53. The highest BCUT2D eigenvalue weighted by Crippen LogP contribution is 2.24. The Balaban J connectivity index is 1.96. The molecule has 2 aromatic carbocycles. The van der Waals surface area contributed by atoms with Gasteiger partial charge >= 0.3 is 6.01 Å². The Hall–Kier alpha value is -2.69. The topological polar surface area (TPSA) is 61.0 Å². The molecule has 0 amide bonds. The first-order valence-corrected chi connectivity index (χ1v) is 5.67. The first-order chi connectivity index (χ1) is 9.22. The molecule has 0 radical (unpaired) electrons. The molecular weight excluding hydrogens is 245 g/mol. The number of anilines is 1. The molecule has 0 aliphatic heterocycles. The van der Waals surface area contributed by atoms with E-state index >= 15 is 0 Å². The number of rotatable bonds is 2. The molecule has 0 atom stereocenters. The number of halogens is 1. The van der Waals surface area contributed by atoms with Crippen molar-refractivity contribution in [2.75, 3.05) is 5.73 Å². The summed E-state index contributed by atoms with van der Waals surface area (Å²) < 4.78 is 18.9. The van der Waals surface area contributed by atoms with Gasteiger partial charge < -0.3 is 10.5 Å². The molecule has 19 heavy (non-hydrogen) atoms. The minimum absolute atomic E-state index is 0.0458. The molecule has 0 bridgehead atoms. The van der Waals surface area contributed by atoms with Crippen molar-refractivity contribution in [2.24, 2.45) is 0 Å². The number of aromatic nitrogens is 2. The lowest BCUT2D eigenvalue weighted by Gasteiger charge is -2.06. The highest BCUT2D eigenvalue weighted by molar-refractivity contribution is 5.77. The fourth-order valence-electron chi connectivity index (χ4n) is 1.70. The van der Waals surface area contributed by atoms with Gasteiger partial charge in [0.05, 0.1) is 5.52 Å². The quantitative estimate of drug-likeness (QED) is 0.714. The average molecular weight is 255 g/mol. The van der Waals surface area contributed by atoms with Gasteiger partial charge in [-0.05, 0) is 18.2 Å². The van der Waals surface area contributed by atoms with Gasteiger partial charge in [-0.1, -0.05) is 18.2 Å². The normalized spacial score (nSPS) is 10.6. The minimum Gasteiger partial charge on any atom is -0.421 e. The van der Waals surface area contributed by atoms with Crippen molar-refractivity contribution < 1.29 is 9.13 Å². The predicted molar refractivity (Wildman–Crippen MR) is 70.4 cm³/mol. The summed E-state index contributed by atoms with van der Waals surface area (Å²) in [5, 5.41) is 0.896. The smallest absolute Gasteiger partial charge is 0.322 e. The molecule has 0 saturated carbocycles. The predicted octanol–water partition coefficient (Wildman–Crippen LogP) is 3.14. The minimum atomic E-state index is -0.545. The third kappa shape index (κ3) is 2.30. The van der Waals surface area contributed by atoms with Crippen molar-refractivity contribution in [1.29, 1.82) is 0 Å². The van der Waals surface area contributed by atoms with E-state index in [4.69, 9.17) is 10.5 Å². The van der Waals surface area contributed by atoms with Crippen molar-refractivity contribution in [3.8, 4) is 11.8 Å². The zero-order valence-electron chi connectivity index (χ0n) is 9.88. The molecule has 94 valence electrons. The van der Waals surface area contributed by atoms with Crippen LogP contribution < -0.4 is 10.5 Å². The van der Waals surface area contributed by atoms with Crippen molar-refractivity contribution in [2.45, 2.75) is 0 Å². The molecular formula is C14H10FN3O. The van der Waals surface area contributed by atoms with E-state index in [1.54, 1.807) is 12.3 Å². The van der Waals surface area contributed by atoms with Gasteiger partial charge in [0.2, 0.25) is 0 Å². The number of fused-ring (bicyclic) bond motifs is 1. The first kappa shape index (κ1) is 11.4. The van der Waals surface area contributed by atoms with Crippen LogP contribution in [0, 0.1) is 5.82 Å². The molecule has 2 N–H and O–H groups in total. The van der Waals surface area contributed by atoms with Crippen LogP contribution in [0.4, 0.5) is 10.1 Å². The van der Waals surface area contributed by atoms with Gasteiger partial charge in [-0.15, -0.1) is 0 Å². The van der Waals surface area contributed by atoms with Gasteiger partial charge in [0.25, 0.3) is 0 Å². The Morgan fingerprint density at radius 2 is 1.95 bits per heavy atom. The van der Waals surface area contributed by atoms with E-state index in [0.717, 1.165) is 10.9 Å². The molecule has 0 aliphatic carbocycles. The number of ether oxygens (including phenoxy) is 1. The Labute approximate surface area is 108 Å². The molecule has 1 heterocycles. The van der Waals surface area contributed by atoms with Crippen LogP contribution in [-0.4, -0.2) is 9.97 Å². The third-order valence-corrected chi connectivity index (χ3v) is 2.62. The van der Waals surface area contributed by atoms with Crippen molar-refractivity contribution in [3.63, 3.8) is 0 Å². The second-order valence-corrected chi connectivity index (χ2v) is 4.00. The van der Waals surface area contributed by atoms with E-state index in [-0.39, 0.29) is 11.8 Å². The summed E-state index contributed by atoms with van der Waals surface area (Å²) in [5.74, 6) is -0.499. The Kier molecular flexibility index (Phi) is 2.72. The summed E-state index contributed by atoms with van der Waals surface area (Å²) in [4.78, 5) is 8.24. The summed E-state index contributed by atoms with van der Waals surface area (Å²) >= 11 is 0. The van der Waals surface area contributed by atoms with E-state index in [1.165, 1.54) is 12.1 Å². The van der Waals surface area contributed by atoms with E-state index in [9.17, 15) is 4.39 Å². The molecule has 5 heteroatoms. The average Bonchev–Trinajstić information content (AvgIpc) is 2.42. The van der Waals surface area contributed by atoms with Crippen molar-refractivity contribution in [3.05, 3.63) is 54.5 Å². The fraction of sp³-hybridized carbons (Fsp3) is 0. The molecule has 1 aromatic heterocycles. The second-order valence-electron chi connectivity index (χ2n) is 4.00. The number of para-hydroxylation sites is 1. The standard InChI is InChI=1S/C14H10FN3O/c15-11-7-10(16)5-6-13(11)19-14-17-8-9-3-1-2-4-12(9)18-14/h1-8H,16H2.